The molecule has 0 radical (unpaired) electrons. The summed E-state index contributed by atoms with van der Waals surface area (Å²) in [5.41, 5.74) is 4.41. The van der Waals surface area contributed by atoms with Gasteiger partial charge >= 0.3 is 0 Å². The molecule has 2 bridgehead atoms. The van der Waals surface area contributed by atoms with E-state index in [0.29, 0.717) is 6.04 Å². The van der Waals surface area contributed by atoms with Crippen molar-refractivity contribution in [2.45, 2.75) is 56.9 Å². The molecule has 27 heavy (non-hydrogen) atoms. The number of methoxy groups -OCH3 is 2. The number of piperidine rings is 1. The SMILES string of the molecule is COCCCCN=C1C2Cc3ccc(OC)cc3C1(C)CCN2CC1CC1. The summed E-state index contributed by atoms with van der Waals surface area (Å²) in [7, 11) is 3.54. The molecule has 148 valence electrons. The summed E-state index contributed by atoms with van der Waals surface area (Å²) in [6.45, 7) is 6.62. The highest BCUT2D eigenvalue weighted by Crippen LogP contribution is 2.45. The average Bonchev–Trinajstić information content (AvgIpc) is 3.49. The van der Waals surface area contributed by atoms with Gasteiger partial charge in [0.15, 0.2) is 0 Å². The monoisotopic (exact) mass is 370 g/mol. The van der Waals surface area contributed by atoms with E-state index in [1.54, 1.807) is 14.2 Å². The minimum absolute atomic E-state index is 0.0497. The van der Waals surface area contributed by atoms with Gasteiger partial charge in [-0.15, -0.1) is 0 Å². The molecule has 0 N–H and O–H groups in total. The summed E-state index contributed by atoms with van der Waals surface area (Å²) in [6.07, 6.45) is 7.28. The number of benzene rings is 1. The standard InChI is InChI=1S/C23H34N2O2/c1-23-10-12-25(16-17-6-7-17)21(22(23)24-11-4-5-13-26-2)14-18-8-9-19(27-3)15-20(18)23/h8-9,15,17,21H,4-7,10-14,16H2,1-3H3. The zero-order valence-electron chi connectivity index (χ0n) is 17.2. The molecule has 1 aromatic rings. The highest BCUT2D eigenvalue weighted by atomic mass is 16.5. The highest BCUT2D eigenvalue weighted by molar-refractivity contribution is 6.01. The molecule has 4 nitrogen and oxygen atoms in total. The Morgan fingerprint density at radius 2 is 2.07 bits per heavy atom. The Kier molecular flexibility index (Phi) is 5.56. The van der Waals surface area contributed by atoms with Crippen LogP contribution in [-0.2, 0) is 16.6 Å². The van der Waals surface area contributed by atoms with Gasteiger partial charge in [0, 0.05) is 44.5 Å². The van der Waals surface area contributed by atoms with Gasteiger partial charge in [-0.2, -0.15) is 0 Å². The van der Waals surface area contributed by atoms with E-state index in [1.807, 2.05) is 0 Å². The number of nitrogens with zero attached hydrogens (tertiary/aromatic N) is 2. The maximum Gasteiger partial charge on any atom is 0.119 e. The Hall–Kier alpha value is -1.39. The number of rotatable bonds is 8. The van der Waals surface area contributed by atoms with Crippen LogP contribution in [0.4, 0.5) is 0 Å². The highest BCUT2D eigenvalue weighted by Gasteiger charge is 2.48. The fraction of sp³-hybridized carbons (Fsp3) is 0.696. The lowest BCUT2D eigenvalue weighted by molar-refractivity contribution is 0.177. The summed E-state index contributed by atoms with van der Waals surface area (Å²) < 4.78 is 10.7. The van der Waals surface area contributed by atoms with Crippen molar-refractivity contribution in [3.05, 3.63) is 29.3 Å². The van der Waals surface area contributed by atoms with Crippen LogP contribution >= 0.6 is 0 Å². The van der Waals surface area contributed by atoms with Crippen molar-refractivity contribution in [3.8, 4) is 5.75 Å². The smallest absolute Gasteiger partial charge is 0.119 e. The molecule has 4 heteroatoms. The van der Waals surface area contributed by atoms with Gasteiger partial charge in [-0.05, 0) is 67.7 Å². The van der Waals surface area contributed by atoms with E-state index in [1.165, 1.54) is 42.8 Å². The number of aliphatic imine (C=N–C) groups is 1. The largest absolute Gasteiger partial charge is 0.497 e. The molecule has 1 heterocycles. The Labute approximate surface area is 164 Å². The second-order valence-electron chi connectivity index (χ2n) is 8.73. The van der Waals surface area contributed by atoms with Gasteiger partial charge in [0.25, 0.3) is 0 Å². The van der Waals surface area contributed by atoms with E-state index in [9.17, 15) is 0 Å². The zero-order chi connectivity index (χ0) is 18.9. The van der Waals surface area contributed by atoms with Crippen LogP contribution in [0.5, 0.6) is 5.75 Å². The Morgan fingerprint density at radius 1 is 1.22 bits per heavy atom. The molecule has 0 spiro atoms. The quantitative estimate of drug-likeness (QED) is 0.652. The second kappa shape index (κ2) is 7.92. The average molecular weight is 371 g/mol. The molecular weight excluding hydrogens is 336 g/mol. The van der Waals surface area contributed by atoms with E-state index in [-0.39, 0.29) is 5.41 Å². The lowest BCUT2D eigenvalue weighted by Gasteiger charge is -2.51. The predicted octanol–water partition coefficient (Wildman–Crippen LogP) is 3.86. The van der Waals surface area contributed by atoms with Crippen molar-refractivity contribution < 1.29 is 9.47 Å². The summed E-state index contributed by atoms with van der Waals surface area (Å²) in [6, 6.07) is 7.15. The first-order valence-electron chi connectivity index (χ1n) is 10.6. The molecule has 2 aliphatic carbocycles. The third-order valence-corrected chi connectivity index (χ3v) is 6.77. The Bertz CT molecular complexity index is 698. The van der Waals surface area contributed by atoms with Crippen LogP contribution in [0.25, 0.3) is 0 Å². The molecule has 2 unspecified atom stereocenters. The second-order valence-corrected chi connectivity index (χ2v) is 8.73. The first-order chi connectivity index (χ1) is 13.2. The number of unbranched alkanes of at least 4 members (excludes halogenated alkanes) is 1. The fourth-order valence-corrected chi connectivity index (χ4v) is 4.96. The third-order valence-electron chi connectivity index (χ3n) is 6.77. The topological polar surface area (TPSA) is 34.1 Å². The molecule has 3 aliphatic rings. The fourth-order valence-electron chi connectivity index (χ4n) is 4.96. The lowest BCUT2D eigenvalue weighted by atomic mass is 9.63. The molecule has 0 amide bonds. The molecule has 4 rings (SSSR count). The van der Waals surface area contributed by atoms with Crippen molar-refractivity contribution in [2.24, 2.45) is 10.9 Å². The van der Waals surface area contributed by atoms with Crippen LogP contribution < -0.4 is 4.74 Å². The van der Waals surface area contributed by atoms with Crippen LogP contribution in [0, 0.1) is 5.92 Å². The van der Waals surface area contributed by atoms with Gasteiger partial charge in [0.1, 0.15) is 5.75 Å². The molecule has 2 fully saturated rings. The summed E-state index contributed by atoms with van der Waals surface area (Å²) in [4.78, 5) is 7.96. The molecular formula is C23H34N2O2. The molecule has 0 aromatic heterocycles. The first-order valence-corrected chi connectivity index (χ1v) is 10.6. The maximum absolute atomic E-state index is 5.54. The van der Waals surface area contributed by atoms with Crippen molar-refractivity contribution in [1.82, 2.24) is 4.90 Å². The van der Waals surface area contributed by atoms with E-state index in [2.05, 4.69) is 30.0 Å². The summed E-state index contributed by atoms with van der Waals surface area (Å²) in [5, 5.41) is 0. The van der Waals surface area contributed by atoms with Crippen LogP contribution in [0.15, 0.2) is 23.2 Å². The van der Waals surface area contributed by atoms with Gasteiger partial charge in [-0.3, -0.25) is 9.89 Å². The third kappa shape index (κ3) is 3.79. The Morgan fingerprint density at radius 3 is 2.81 bits per heavy atom. The number of fused-ring (bicyclic) bond motifs is 4. The van der Waals surface area contributed by atoms with Crippen molar-refractivity contribution in [1.29, 1.82) is 0 Å². The number of ether oxygens (including phenoxy) is 2. The van der Waals surface area contributed by atoms with Gasteiger partial charge in [0.2, 0.25) is 0 Å². The maximum atomic E-state index is 5.54. The minimum Gasteiger partial charge on any atom is -0.497 e. The minimum atomic E-state index is 0.0497. The number of hydrogen-bond acceptors (Lipinski definition) is 4. The first kappa shape index (κ1) is 18.9. The lowest BCUT2D eigenvalue weighted by Crippen LogP contribution is -2.60. The van der Waals surface area contributed by atoms with Crippen LogP contribution in [0.3, 0.4) is 0 Å². The Balaban J connectivity index is 1.64. The van der Waals surface area contributed by atoms with Crippen LogP contribution in [-0.4, -0.2) is 57.1 Å². The van der Waals surface area contributed by atoms with Crippen molar-refractivity contribution in [2.75, 3.05) is 40.5 Å². The molecule has 1 aliphatic heterocycles. The number of likely N-dealkylation sites (tertiary alicyclic amines) is 1. The van der Waals surface area contributed by atoms with E-state index in [4.69, 9.17) is 14.5 Å². The van der Waals surface area contributed by atoms with Gasteiger partial charge in [0.05, 0.1) is 13.2 Å². The normalized spacial score (nSPS) is 29.0. The van der Waals surface area contributed by atoms with Gasteiger partial charge in [-0.1, -0.05) is 13.0 Å². The van der Waals surface area contributed by atoms with E-state index in [0.717, 1.165) is 50.5 Å². The molecule has 1 saturated carbocycles. The van der Waals surface area contributed by atoms with Gasteiger partial charge in [-0.25, -0.2) is 0 Å². The summed E-state index contributed by atoms with van der Waals surface area (Å²) >= 11 is 0. The van der Waals surface area contributed by atoms with Crippen LogP contribution in [0.1, 0.15) is 50.2 Å². The van der Waals surface area contributed by atoms with Crippen LogP contribution in [0.2, 0.25) is 0 Å². The molecule has 2 atom stereocenters. The van der Waals surface area contributed by atoms with Gasteiger partial charge < -0.3 is 9.47 Å². The number of hydrogen-bond donors (Lipinski definition) is 0. The molecule has 1 aromatic carbocycles. The molecule has 1 saturated heterocycles. The predicted molar refractivity (Wildman–Crippen MR) is 110 cm³/mol. The summed E-state index contributed by atoms with van der Waals surface area (Å²) in [5.74, 6) is 1.89. The zero-order valence-corrected chi connectivity index (χ0v) is 17.2. The van der Waals surface area contributed by atoms with Crippen molar-refractivity contribution >= 4 is 5.71 Å². The van der Waals surface area contributed by atoms with E-state index < -0.39 is 0 Å². The van der Waals surface area contributed by atoms with Crippen molar-refractivity contribution in [3.63, 3.8) is 0 Å². The van der Waals surface area contributed by atoms with E-state index >= 15 is 0 Å².